The van der Waals surface area contributed by atoms with Crippen molar-refractivity contribution >= 4 is 28.8 Å². The number of hydrogen-bond acceptors (Lipinski definition) is 4. The monoisotopic (exact) mass is 352 g/mol. The summed E-state index contributed by atoms with van der Waals surface area (Å²) in [4.78, 5) is 11.1. The van der Waals surface area contributed by atoms with Crippen LogP contribution in [0.15, 0.2) is 16.7 Å². The first kappa shape index (κ1) is 14.3. The third-order valence-electron chi connectivity index (χ3n) is 2.30. The number of methoxy groups -OCH3 is 1. The number of halogens is 1. The van der Waals surface area contributed by atoms with E-state index in [2.05, 4.69) is 8.85 Å². The van der Waals surface area contributed by atoms with Crippen LogP contribution in [0.4, 0.5) is 0 Å². The summed E-state index contributed by atoms with van der Waals surface area (Å²) in [5.41, 5.74) is 0. The van der Waals surface area contributed by atoms with Crippen LogP contribution < -0.4 is 13.6 Å². The SMILES string of the molecule is COc1ccoc1CCCCNC(=O)CNI. The van der Waals surface area contributed by atoms with Gasteiger partial charge in [-0.1, -0.05) is 0 Å². The highest BCUT2D eigenvalue weighted by atomic mass is 127. The summed E-state index contributed by atoms with van der Waals surface area (Å²) in [5, 5.41) is 2.82. The van der Waals surface area contributed by atoms with Crippen LogP contribution in [-0.4, -0.2) is 26.1 Å². The number of aryl methyl sites for hydroxylation is 1. The lowest BCUT2D eigenvalue weighted by Gasteiger charge is -2.04. The fourth-order valence-corrected chi connectivity index (χ4v) is 1.80. The van der Waals surface area contributed by atoms with Crippen molar-refractivity contribution in [2.24, 2.45) is 0 Å². The molecule has 6 heteroatoms. The lowest BCUT2D eigenvalue weighted by atomic mass is 10.2. The summed E-state index contributed by atoms with van der Waals surface area (Å²) in [6.07, 6.45) is 4.34. The molecule has 0 unspecified atom stereocenters. The first-order chi connectivity index (χ1) is 8.27. The van der Waals surface area contributed by atoms with Crippen LogP contribution in [0.1, 0.15) is 18.6 Å². The number of nitrogens with one attached hydrogen (secondary N) is 2. The third kappa shape index (κ3) is 5.40. The van der Waals surface area contributed by atoms with Gasteiger partial charge in [0.25, 0.3) is 0 Å². The Morgan fingerprint density at radius 1 is 1.53 bits per heavy atom. The molecule has 0 spiro atoms. The van der Waals surface area contributed by atoms with Crippen LogP contribution >= 0.6 is 22.9 Å². The molecule has 0 aliphatic rings. The van der Waals surface area contributed by atoms with Gasteiger partial charge in [-0.25, -0.2) is 0 Å². The van der Waals surface area contributed by atoms with Crippen molar-refractivity contribution in [3.8, 4) is 5.75 Å². The van der Waals surface area contributed by atoms with Crippen LogP contribution in [0, 0.1) is 0 Å². The Kier molecular flexibility index (Phi) is 7.02. The average molecular weight is 352 g/mol. The Bertz CT molecular complexity index is 341. The topological polar surface area (TPSA) is 63.5 Å². The quantitative estimate of drug-likeness (QED) is 0.424. The molecule has 96 valence electrons. The van der Waals surface area contributed by atoms with Crippen molar-refractivity contribution in [1.29, 1.82) is 0 Å². The Labute approximate surface area is 115 Å². The van der Waals surface area contributed by atoms with Gasteiger partial charge < -0.3 is 14.5 Å². The average Bonchev–Trinajstić information content (AvgIpc) is 2.76. The first-order valence-electron chi connectivity index (χ1n) is 5.48. The lowest BCUT2D eigenvalue weighted by molar-refractivity contribution is -0.119. The molecule has 0 aliphatic carbocycles. The Morgan fingerprint density at radius 2 is 2.35 bits per heavy atom. The van der Waals surface area contributed by atoms with E-state index in [0.717, 1.165) is 30.8 Å². The van der Waals surface area contributed by atoms with Crippen LogP contribution in [-0.2, 0) is 11.2 Å². The molecule has 0 saturated heterocycles. The van der Waals surface area contributed by atoms with Crippen molar-refractivity contribution in [1.82, 2.24) is 8.85 Å². The highest BCUT2D eigenvalue weighted by molar-refractivity contribution is 14.1. The molecule has 1 aromatic heterocycles. The fraction of sp³-hybridized carbons (Fsp3) is 0.545. The number of carbonyl (C=O) groups excluding carboxylic acids is 1. The number of ether oxygens (including phenoxy) is 1. The maximum absolute atomic E-state index is 11.1. The summed E-state index contributed by atoms with van der Waals surface area (Å²) >= 11 is 1.95. The standard InChI is InChI=1S/C11H17IN2O3/c1-16-9-5-7-17-10(9)4-2-3-6-13-11(15)8-14-12/h5,7,14H,2-4,6,8H2,1H3,(H,13,15). The van der Waals surface area contributed by atoms with E-state index in [1.807, 2.05) is 28.9 Å². The molecule has 0 saturated carbocycles. The van der Waals surface area contributed by atoms with Gasteiger partial charge >= 0.3 is 0 Å². The number of rotatable bonds is 8. The van der Waals surface area contributed by atoms with Crippen molar-refractivity contribution < 1.29 is 13.9 Å². The molecule has 0 fully saturated rings. The van der Waals surface area contributed by atoms with Gasteiger partial charge in [0.15, 0.2) is 5.75 Å². The minimum Gasteiger partial charge on any atom is -0.493 e. The summed E-state index contributed by atoms with van der Waals surface area (Å²) < 4.78 is 13.2. The molecular weight excluding hydrogens is 335 g/mol. The van der Waals surface area contributed by atoms with Crippen LogP contribution in [0.2, 0.25) is 0 Å². The molecule has 17 heavy (non-hydrogen) atoms. The fourth-order valence-electron chi connectivity index (χ4n) is 1.45. The van der Waals surface area contributed by atoms with Crippen LogP contribution in [0.25, 0.3) is 0 Å². The van der Waals surface area contributed by atoms with Gasteiger partial charge in [0.1, 0.15) is 5.76 Å². The van der Waals surface area contributed by atoms with E-state index < -0.39 is 0 Å². The van der Waals surface area contributed by atoms with Crippen molar-refractivity contribution in [2.75, 3.05) is 20.2 Å². The van der Waals surface area contributed by atoms with Gasteiger partial charge in [-0.15, -0.1) is 0 Å². The molecule has 1 rings (SSSR count). The predicted molar refractivity (Wildman–Crippen MR) is 73.2 cm³/mol. The smallest absolute Gasteiger partial charge is 0.234 e. The normalized spacial score (nSPS) is 10.2. The van der Waals surface area contributed by atoms with Gasteiger partial charge in [0, 0.05) is 41.9 Å². The zero-order valence-electron chi connectivity index (χ0n) is 9.79. The number of amides is 1. The minimum absolute atomic E-state index is 0.0231. The molecule has 0 radical (unpaired) electrons. The molecule has 1 aromatic rings. The van der Waals surface area contributed by atoms with Crippen molar-refractivity contribution in [3.05, 3.63) is 18.1 Å². The first-order valence-corrected chi connectivity index (χ1v) is 6.56. The zero-order valence-corrected chi connectivity index (χ0v) is 12.0. The number of furan rings is 1. The van der Waals surface area contributed by atoms with Crippen molar-refractivity contribution in [3.63, 3.8) is 0 Å². The van der Waals surface area contributed by atoms with E-state index in [4.69, 9.17) is 9.15 Å². The summed E-state index contributed by atoms with van der Waals surface area (Å²) in [6.45, 7) is 1.05. The Hall–Kier alpha value is -0.760. The largest absolute Gasteiger partial charge is 0.493 e. The highest BCUT2D eigenvalue weighted by Gasteiger charge is 2.05. The number of hydrogen-bond donors (Lipinski definition) is 2. The molecule has 0 aliphatic heterocycles. The maximum atomic E-state index is 11.1. The molecule has 2 N–H and O–H groups in total. The minimum atomic E-state index is 0.0231. The molecular formula is C11H17IN2O3. The van der Waals surface area contributed by atoms with E-state index in [1.54, 1.807) is 13.4 Å². The second kappa shape index (κ2) is 8.35. The molecule has 0 bridgehead atoms. The van der Waals surface area contributed by atoms with E-state index in [0.29, 0.717) is 13.1 Å². The summed E-state index contributed by atoms with van der Waals surface area (Å²) in [6, 6.07) is 1.81. The van der Waals surface area contributed by atoms with E-state index in [1.165, 1.54) is 0 Å². The van der Waals surface area contributed by atoms with Gasteiger partial charge in [-0.05, 0) is 12.8 Å². The summed E-state index contributed by atoms with van der Waals surface area (Å²) in [5.74, 6) is 1.69. The molecule has 1 heterocycles. The predicted octanol–water partition coefficient (Wildman–Crippen LogP) is 1.67. The van der Waals surface area contributed by atoms with Crippen LogP contribution in [0.5, 0.6) is 5.75 Å². The molecule has 5 nitrogen and oxygen atoms in total. The van der Waals surface area contributed by atoms with Crippen molar-refractivity contribution in [2.45, 2.75) is 19.3 Å². The maximum Gasteiger partial charge on any atom is 0.234 e. The van der Waals surface area contributed by atoms with Crippen LogP contribution in [0.3, 0.4) is 0 Å². The van der Waals surface area contributed by atoms with E-state index in [9.17, 15) is 4.79 Å². The Balaban J connectivity index is 2.10. The van der Waals surface area contributed by atoms with E-state index in [-0.39, 0.29) is 5.91 Å². The van der Waals surface area contributed by atoms with Gasteiger partial charge in [-0.3, -0.25) is 8.32 Å². The zero-order chi connectivity index (χ0) is 12.5. The Morgan fingerprint density at radius 3 is 3.06 bits per heavy atom. The van der Waals surface area contributed by atoms with Gasteiger partial charge in [-0.2, -0.15) is 0 Å². The highest BCUT2D eigenvalue weighted by Crippen LogP contribution is 2.20. The van der Waals surface area contributed by atoms with Gasteiger partial charge in [0.05, 0.1) is 19.9 Å². The number of unbranched alkanes of at least 4 members (excludes halogenated alkanes) is 1. The third-order valence-corrected chi connectivity index (χ3v) is 2.69. The van der Waals surface area contributed by atoms with Gasteiger partial charge in [0.2, 0.25) is 5.91 Å². The molecule has 0 aromatic carbocycles. The second-order valence-electron chi connectivity index (χ2n) is 3.53. The number of carbonyl (C=O) groups is 1. The molecule has 0 atom stereocenters. The summed E-state index contributed by atoms with van der Waals surface area (Å²) in [7, 11) is 1.63. The molecule has 1 amide bonds. The van der Waals surface area contributed by atoms with E-state index >= 15 is 0 Å². The lowest BCUT2D eigenvalue weighted by Crippen LogP contribution is -2.30. The second-order valence-corrected chi connectivity index (χ2v) is 4.29.